The van der Waals surface area contributed by atoms with E-state index < -0.39 is 18.0 Å². The van der Waals surface area contributed by atoms with Gasteiger partial charge in [-0.1, -0.05) is 30.3 Å². The van der Waals surface area contributed by atoms with Crippen LogP contribution in [0.15, 0.2) is 60.7 Å². The largest absolute Gasteiger partial charge is 0.465 e. The molecule has 0 spiro atoms. The first kappa shape index (κ1) is 19.9. The average molecular weight is 367 g/mol. The molecule has 1 atom stereocenters. The van der Waals surface area contributed by atoms with E-state index in [4.69, 9.17) is 4.74 Å². The number of amides is 1. The molecule has 0 bridgehead atoms. The van der Waals surface area contributed by atoms with Crippen LogP contribution in [-0.4, -0.2) is 38.1 Å². The van der Waals surface area contributed by atoms with E-state index in [0.29, 0.717) is 16.8 Å². The van der Waals surface area contributed by atoms with E-state index in [2.05, 4.69) is 4.74 Å². The van der Waals surface area contributed by atoms with Crippen molar-refractivity contribution in [1.29, 1.82) is 0 Å². The Hall–Kier alpha value is -3.41. The van der Waals surface area contributed by atoms with E-state index in [1.165, 1.54) is 25.0 Å². The maximum atomic E-state index is 12.4. The molecule has 0 aliphatic heterocycles. The number of rotatable bonds is 6. The number of nitrogens with zero attached hydrogens (tertiary/aromatic N) is 1. The molecular weight excluding hydrogens is 346 g/mol. The Morgan fingerprint density at radius 3 is 2.22 bits per heavy atom. The Morgan fingerprint density at radius 1 is 1.00 bits per heavy atom. The zero-order chi connectivity index (χ0) is 19.8. The Kier molecular flexibility index (Phi) is 6.88. The Balaban J connectivity index is 1.93. The number of carbonyl (C=O) groups excluding carboxylic acids is 3. The van der Waals surface area contributed by atoms with Crippen molar-refractivity contribution in [2.75, 3.05) is 19.1 Å². The minimum Gasteiger partial charge on any atom is -0.465 e. The Morgan fingerprint density at radius 2 is 1.63 bits per heavy atom. The number of carbonyl (C=O) groups is 3. The first-order valence-corrected chi connectivity index (χ1v) is 8.32. The summed E-state index contributed by atoms with van der Waals surface area (Å²) in [5.74, 6) is -1.39. The van der Waals surface area contributed by atoms with Gasteiger partial charge in [0.05, 0.1) is 12.7 Å². The molecule has 6 nitrogen and oxygen atoms in total. The molecule has 27 heavy (non-hydrogen) atoms. The molecule has 0 fully saturated rings. The predicted octanol–water partition coefficient (Wildman–Crippen LogP) is 3.08. The SMILES string of the molecule is COC(=O)c1ccc(/C=C/C(=O)O[C@@H](C)C(=O)N(C)c2ccccc2)cc1. The van der Waals surface area contributed by atoms with Crippen molar-refractivity contribution in [1.82, 2.24) is 0 Å². The summed E-state index contributed by atoms with van der Waals surface area (Å²) in [6.07, 6.45) is 1.86. The van der Waals surface area contributed by atoms with Gasteiger partial charge in [-0.25, -0.2) is 9.59 Å². The van der Waals surface area contributed by atoms with Gasteiger partial charge in [-0.3, -0.25) is 4.79 Å². The molecule has 0 N–H and O–H groups in total. The second-order valence-electron chi connectivity index (χ2n) is 5.76. The topological polar surface area (TPSA) is 72.9 Å². The average Bonchev–Trinajstić information content (AvgIpc) is 2.71. The summed E-state index contributed by atoms with van der Waals surface area (Å²) in [6.45, 7) is 1.53. The lowest BCUT2D eigenvalue weighted by atomic mass is 10.1. The molecule has 140 valence electrons. The summed E-state index contributed by atoms with van der Waals surface area (Å²) in [4.78, 5) is 37.1. The van der Waals surface area contributed by atoms with Gasteiger partial charge in [-0.2, -0.15) is 0 Å². The molecule has 0 aromatic heterocycles. The second kappa shape index (κ2) is 9.33. The normalized spacial score (nSPS) is 11.7. The lowest BCUT2D eigenvalue weighted by molar-refractivity contribution is -0.148. The van der Waals surface area contributed by atoms with Gasteiger partial charge in [0.1, 0.15) is 0 Å². The molecule has 0 aliphatic rings. The highest BCUT2D eigenvalue weighted by atomic mass is 16.5. The Labute approximate surface area is 158 Å². The predicted molar refractivity (Wildman–Crippen MR) is 102 cm³/mol. The van der Waals surface area contributed by atoms with Gasteiger partial charge in [0.2, 0.25) is 0 Å². The number of likely N-dealkylation sites (N-methyl/N-ethyl adjacent to an activating group) is 1. The maximum Gasteiger partial charge on any atom is 0.337 e. The van der Waals surface area contributed by atoms with Gasteiger partial charge in [0.15, 0.2) is 6.10 Å². The van der Waals surface area contributed by atoms with E-state index in [1.807, 2.05) is 18.2 Å². The highest BCUT2D eigenvalue weighted by Gasteiger charge is 2.21. The molecule has 0 radical (unpaired) electrons. The monoisotopic (exact) mass is 367 g/mol. The fourth-order valence-electron chi connectivity index (χ4n) is 2.33. The van der Waals surface area contributed by atoms with Crippen LogP contribution in [0.25, 0.3) is 6.08 Å². The van der Waals surface area contributed by atoms with Crippen molar-refractivity contribution >= 4 is 29.6 Å². The third-order valence-corrected chi connectivity index (χ3v) is 3.86. The summed E-state index contributed by atoms with van der Waals surface area (Å²) in [6, 6.07) is 15.6. The smallest absolute Gasteiger partial charge is 0.337 e. The molecule has 2 rings (SSSR count). The molecule has 0 saturated carbocycles. The summed E-state index contributed by atoms with van der Waals surface area (Å²) >= 11 is 0. The van der Waals surface area contributed by atoms with Gasteiger partial charge in [-0.15, -0.1) is 0 Å². The van der Waals surface area contributed by atoms with Gasteiger partial charge >= 0.3 is 11.9 Å². The van der Waals surface area contributed by atoms with Crippen LogP contribution in [0.4, 0.5) is 5.69 Å². The molecular formula is C21H21NO5. The van der Waals surface area contributed by atoms with E-state index in [-0.39, 0.29) is 5.91 Å². The zero-order valence-corrected chi connectivity index (χ0v) is 15.4. The fourth-order valence-corrected chi connectivity index (χ4v) is 2.33. The number of benzene rings is 2. The van der Waals surface area contributed by atoms with E-state index in [9.17, 15) is 14.4 Å². The number of ether oxygens (including phenoxy) is 2. The van der Waals surface area contributed by atoms with E-state index in [1.54, 1.807) is 49.5 Å². The van der Waals surface area contributed by atoms with Crippen LogP contribution in [-0.2, 0) is 19.1 Å². The summed E-state index contributed by atoms with van der Waals surface area (Å²) in [5, 5.41) is 0. The number of hydrogen-bond donors (Lipinski definition) is 0. The lowest BCUT2D eigenvalue weighted by Crippen LogP contribution is -2.37. The van der Waals surface area contributed by atoms with Crippen molar-refractivity contribution < 1.29 is 23.9 Å². The van der Waals surface area contributed by atoms with Crippen molar-refractivity contribution in [2.45, 2.75) is 13.0 Å². The zero-order valence-electron chi connectivity index (χ0n) is 15.4. The van der Waals surface area contributed by atoms with Crippen LogP contribution in [0.1, 0.15) is 22.8 Å². The van der Waals surface area contributed by atoms with Crippen molar-refractivity contribution in [3.8, 4) is 0 Å². The molecule has 0 saturated heterocycles. The standard InChI is InChI=1S/C21H21NO5/c1-15(20(24)22(2)18-7-5-4-6-8-18)27-19(23)14-11-16-9-12-17(13-10-16)21(25)26-3/h4-15H,1-3H3/b14-11+/t15-/m0/s1. The van der Waals surface area contributed by atoms with Crippen LogP contribution in [0.5, 0.6) is 0 Å². The molecule has 0 aliphatic carbocycles. The molecule has 2 aromatic rings. The molecule has 2 aromatic carbocycles. The quantitative estimate of drug-likeness (QED) is 0.579. The van der Waals surface area contributed by atoms with Crippen molar-refractivity contribution in [2.24, 2.45) is 0 Å². The summed E-state index contributed by atoms with van der Waals surface area (Å²) in [5.41, 5.74) is 1.84. The number of anilines is 1. The third-order valence-electron chi connectivity index (χ3n) is 3.86. The lowest BCUT2D eigenvalue weighted by Gasteiger charge is -2.21. The molecule has 0 heterocycles. The van der Waals surface area contributed by atoms with Crippen LogP contribution in [0, 0.1) is 0 Å². The second-order valence-corrected chi connectivity index (χ2v) is 5.76. The van der Waals surface area contributed by atoms with Crippen LogP contribution in [0.2, 0.25) is 0 Å². The van der Waals surface area contributed by atoms with Crippen molar-refractivity contribution in [3.05, 3.63) is 71.8 Å². The Bertz CT molecular complexity index is 827. The van der Waals surface area contributed by atoms with Gasteiger partial charge in [0, 0.05) is 18.8 Å². The minimum absolute atomic E-state index is 0.328. The molecule has 1 amide bonds. The number of para-hydroxylation sites is 1. The highest BCUT2D eigenvalue weighted by Crippen LogP contribution is 2.13. The van der Waals surface area contributed by atoms with Gasteiger partial charge in [-0.05, 0) is 42.8 Å². The fraction of sp³-hybridized carbons (Fsp3) is 0.190. The summed E-state index contributed by atoms with van der Waals surface area (Å²) in [7, 11) is 2.94. The number of hydrogen-bond acceptors (Lipinski definition) is 5. The third kappa shape index (κ3) is 5.54. The number of methoxy groups -OCH3 is 1. The van der Waals surface area contributed by atoms with Crippen LogP contribution >= 0.6 is 0 Å². The summed E-state index contributed by atoms with van der Waals surface area (Å²) < 4.78 is 9.79. The maximum absolute atomic E-state index is 12.4. The molecule has 6 heteroatoms. The van der Waals surface area contributed by atoms with Crippen LogP contribution < -0.4 is 4.90 Å². The first-order chi connectivity index (χ1) is 12.9. The van der Waals surface area contributed by atoms with Gasteiger partial charge in [0.25, 0.3) is 5.91 Å². The molecule has 0 unspecified atom stereocenters. The first-order valence-electron chi connectivity index (χ1n) is 8.32. The van der Waals surface area contributed by atoms with E-state index >= 15 is 0 Å². The number of esters is 2. The minimum atomic E-state index is -0.922. The van der Waals surface area contributed by atoms with Crippen molar-refractivity contribution in [3.63, 3.8) is 0 Å². The van der Waals surface area contributed by atoms with Gasteiger partial charge < -0.3 is 14.4 Å². The van der Waals surface area contributed by atoms with E-state index in [0.717, 1.165) is 0 Å². The highest BCUT2D eigenvalue weighted by molar-refractivity contribution is 5.98. The van der Waals surface area contributed by atoms with Crippen LogP contribution in [0.3, 0.4) is 0 Å².